The van der Waals surface area contributed by atoms with Crippen molar-refractivity contribution in [3.63, 3.8) is 0 Å². The number of carboxylic acid groups (broad SMARTS) is 1. The Kier molecular flexibility index (Phi) is 7.18. The van der Waals surface area contributed by atoms with Gasteiger partial charge in [0.05, 0.1) is 17.7 Å². The van der Waals surface area contributed by atoms with Crippen molar-refractivity contribution in [2.24, 2.45) is 4.99 Å². The van der Waals surface area contributed by atoms with Gasteiger partial charge in [0.1, 0.15) is 6.04 Å². The fourth-order valence-corrected chi connectivity index (χ4v) is 4.00. The highest BCUT2D eigenvalue weighted by Crippen LogP contribution is 2.34. The summed E-state index contributed by atoms with van der Waals surface area (Å²) >= 11 is 7.49. The first kappa shape index (κ1) is 21.9. The molecular weight excluding hydrogens is 424 g/mol. The Morgan fingerprint density at radius 1 is 1.17 bits per heavy atom. The van der Waals surface area contributed by atoms with E-state index in [4.69, 9.17) is 26.4 Å². The van der Waals surface area contributed by atoms with Crippen molar-refractivity contribution >= 4 is 40.5 Å². The van der Waals surface area contributed by atoms with E-state index in [2.05, 4.69) is 5.32 Å². The molecule has 1 atom stereocenters. The van der Waals surface area contributed by atoms with Gasteiger partial charge >= 0.3 is 11.9 Å². The highest BCUT2D eigenvalue weighted by atomic mass is 35.5. The number of nitrogens with one attached hydrogen (secondary N) is 1. The molecule has 3 rings (SSSR count). The average molecular weight is 445 g/mol. The van der Waals surface area contributed by atoms with Crippen LogP contribution in [0.4, 0.5) is 0 Å². The Morgan fingerprint density at radius 2 is 1.83 bits per heavy atom. The molecule has 0 fully saturated rings. The van der Waals surface area contributed by atoms with E-state index in [0.29, 0.717) is 27.2 Å². The van der Waals surface area contributed by atoms with Gasteiger partial charge in [-0.05, 0) is 49.2 Å². The summed E-state index contributed by atoms with van der Waals surface area (Å²) in [6, 6.07) is 13.4. The molecule has 2 aromatic rings. The summed E-state index contributed by atoms with van der Waals surface area (Å²) in [7, 11) is 0. The van der Waals surface area contributed by atoms with Gasteiger partial charge in [0.2, 0.25) is 0 Å². The number of aliphatic imine (C=N–C) groups is 1. The Bertz CT molecular complexity index is 1000. The van der Waals surface area contributed by atoms with Gasteiger partial charge in [-0.25, -0.2) is 14.6 Å². The maximum atomic E-state index is 12.6. The molecule has 8 heteroatoms. The molecule has 0 aromatic heterocycles. The number of thioether (sulfide) groups is 1. The minimum Gasteiger partial charge on any atom is -0.478 e. The summed E-state index contributed by atoms with van der Waals surface area (Å²) in [5, 5.41) is 13.5. The molecule has 2 N–H and O–H groups in total. The monoisotopic (exact) mass is 444 g/mol. The first-order chi connectivity index (χ1) is 14.4. The number of aromatic carboxylic acids is 1. The Labute approximate surface area is 184 Å². The van der Waals surface area contributed by atoms with Crippen molar-refractivity contribution in [2.75, 3.05) is 6.61 Å². The van der Waals surface area contributed by atoms with Crippen LogP contribution in [0.15, 0.2) is 64.8 Å². The van der Waals surface area contributed by atoms with Gasteiger partial charge in [-0.2, -0.15) is 0 Å². The van der Waals surface area contributed by atoms with Gasteiger partial charge < -0.3 is 15.2 Å². The number of benzene rings is 2. The lowest BCUT2D eigenvalue weighted by atomic mass is 9.97. The largest absolute Gasteiger partial charge is 0.478 e. The zero-order chi connectivity index (χ0) is 21.7. The molecule has 2 aromatic carbocycles. The van der Waals surface area contributed by atoms with Crippen LogP contribution < -0.4 is 5.32 Å². The van der Waals surface area contributed by atoms with E-state index in [9.17, 15) is 9.59 Å². The van der Waals surface area contributed by atoms with Gasteiger partial charge in [0.15, 0.2) is 5.17 Å². The third kappa shape index (κ3) is 5.23. The molecule has 1 aliphatic heterocycles. The van der Waals surface area contributed by atoms with Crippen LogP contribution in [0.5, 0.6) is 0 Å². The van der Waals surface area contributed by atoms with Gasteiger partial charge in [0.25, 0.3) is 0 Å². The first-order valence-corrected chi connectivity index (χ1v) is 10.7. The van der Waals surface area contributed by atoms with Crippen LogP contribution >= 0.6 is 23.4 Å². The summed E-state index contributed by atoms with van der Waals surface area (Å²) in [4.78, 5) is 28.3. The Morgan fingerprint density at radius 3 is 2.43 bits per heavy atom. The lowest BCUT2D eigenvalue weighted by Crippen LogP contribution is -2.30. The molecule has 6 nitrogen and oxygen atoms in total. The Balaban J connectivity index is 1.83. The molecule has 0 bridgehead atoms. The lowest BCUT2D eigenvalue weighted by Gasteiger charge is -2.25. The van der Waals surface area contributed by atoms with E-state index in [1.165, 1.54) is 11.8 Å². The second kappa shape index (κ2) is 9.82. The minimum atomic E-state index is -0.953. The predicted octanol–water partition coefficient (Wildman–Crippen LogP) is 4.81. The van der Waals surface area contributed by atoms with Crippen LogP contribution in [-0.2, 0) is 15.3 Å². The van der Waals surface area contributed by atoms with E-state index in [0.717, 1.165) is 11.1 Å². The number of ether oxygens (including phenoxy) is 1. The number of carbonyl (C=O) groups is 2. The molecule has 1 heterocycles. The number of nitrogens with zero attached hydrogens (tertiary/aromatic N) is 1. The number of rotatable bonds is 6. The van der Waals surface area contributed by atoms with Crippen LogP contribution in [0.25, 0.3) is 0 Å². The maximum Gasteiger partial charge on any atom is 0.338 e. The molecule has 0 spiro atoms. The zero-order valence-corrected chi connectivity index (χ0v) is 18.1. The van der Waals surface area contributed by atoms with Crippen molar-refractivity contribution in [1.29, 1.82) is 0 Å². The van der Waals surface area contributed by atoms with Crippen molar-refractivity contribution < 1.29 is 19.4 Å². The van der Waals surface area contributed by atoms with Crippen molar-refractivity contribution in [3.8, 4) is 0 Å². The van der Waals surface area contributed by atoms with Gasteiger partial charge in [-0.1, -0.05) is 47.6 Å². The average Bonchev–Trinajstić information content (AvgIpc) is 2.72. The fraction of sp³-hybridized carbons (Fsp3) is 0.227. The number of halogens is 1. The number of hydrogen-bond acceptors (Lipinski definition) is 6. The molecule has 0 unspecified atom stereocenters. The quantitative estimate of drug-likeness (QED) is 0.621. The van der Waals surface area contributed by atoms with Gasteiger partial charge in [-0.15, -0.1) is 0 Å². The molecule has 0 saturated heterocycles. The number of esters is 1. The maximum absolute atomic E-state index is 12.6. The highest BCUT2D eigenvalue weighted by Gasteiger charge is 2.30. The fourth-order valence-electron chi connectivity index (χ4n) is 2.98. The van der Waals surface area contributed by atoms with Gasteiger partial charge in [-0.3, -0.25) is 0 Å². The van der Waals surface area contributed by atoms with Crippen LogP contribution in [0.2, 0.25) is 5.02 Å². The number of amidine groups is 1. The second-order valence-corrected chi connectivity index (χ2v) is 7.96. The van der Waals surface area contributed by atoms with Gasteiger partial charge in [0, 0.05) is 16.5 Å². The van der Waals surface area contributed by atoms with Crippen LogP contribution in [0, 0.1) is 0 Å². The molecule has 0 saturated carbocycles. The second-order valence-electron chi connectivity index (χ2n) is 6.56. The zero-order valence-electron chi connectivity index (χ0n) is 16.5. The first-order valence-electron chi connectivity index (χ1n) is 9.32. The van der Waals surface area contributed by atoms with E-state index in [1.54, 1.807) is 43.3 Å². The SMILES string of the molecule is CCOC(=O)C1=C(C)NC(SCc2ccc(C(=O)O)cc2)=N[C@@H]1c1ccc(Cl)cc1. The van der Waals surface area contributed by atoms with Crippen molar-refractivity contribution in [3.05, 3.63) is 81.5 Å². The third-order valence-corrected chi connectivity index (χ3v) is 5.69. The normalized spacial score (nSPS) is 16.0. The highest BCUT2D eigenvalue weighted by molar-refractivity contribution is 8.13. The molecule has 1 aliphatic rings. The predicted molar refractivity (Wildman–Crippen MR) is 119 cm³/mol. The molecule has 0 aliphatic carbocycles. The van der Waals surface area contributed by atoms with Crippen LogP contribution in [0.1, 0.15) is 41.4 Å². The minimum absolute atomic E-state index is 0.248. The van der Waals surface area contributed by atoms with Crippen molar-refractivity contribution in [2.45, 2.75) is 25.6 Å². The topological polar surface area (TPSA) is 88.0 Å². The molecular formula is C22H21ClN2O4S. The number of carboxylic acids is 1. The number of hydrogen-bond donors (Lipinski definition) is 2. The van der Waals surface area contributed by atoms with E-state index < -0.39 is 18.0 Å². The molecule has 30 heavy (non-hydrogen) atoms. The van der Waals surface area contributed by atoms with Crippen LogP contribution in [0.3, 0.4) is 0 Å². The smallest absolute Gasteiger partial charge is 0.338 e. The summed E-state index contributed by atoms with van der Waals surface area (Å²) in [5.41, 5.74) is 3.21. The Hall–Kier alpha value is -2.77. The van der Waals surface area contributed by atoms with E-state index in [1.807, 2.05) is 19.1 Å². The summed E-state index contributed by atoms with van der Waals surface area (Å²) < 4.78 is 5.24. The van der Waals surface area contributed by atoms with Crippen molar-refractivity contribution in [1.82, 2.24) is 5.32 Å². The molecule has 156 valence electrons. The number of allylic oxidation sites excluding steroid dienone is 1. The molecule has 0 amide bonds. The lowest BCUT2D eigenvalue weighted by molar-refractivity contribution is -0.138. The van der Waals surface area contributed by atoms with E-state index >= 15 is 0 Å². The third-order valence-electron chi connectivity index (χ3n) is 4.48. The summed E-state index contributed by atoms with van der Waals surface area (Å²) in [6.07, 6.45) is 0. The van der Waals surface area contributed by atoms with Crippen LogP contribution in [-0.4, -0.2) is 28.8 Å². The summed E-state index contributed by atoms with van der Waals surface area (Å²) in [6.45, 7) is 3.87. The number of carbonyl (C=O) groups excluding carboxylic acids is 1. The van der Waals surface area contributed by atoms with E-state index in [-0.39, 0.29) is 12.2 Å². The standard InChI is InChI=1S/C22H21ClN2O4S/c1-3-29-21(28)18-13(2)24-22(25-19(18)15-8-10-17(23)11-9-15)30-12-14-4-6-16(7-5-14)20(26)27/h4-11,19H,3,12H2,1-2H3,(H,24,25)(H,26,27)/t19-/m1/s1. The molecule has 0 radical (unpaired) electrons. The summed E-state index contributed by atoms with van der Waals surface area (Å²) in [5.74, 6) is -0.758.